The van der Waals surface area contributed by atoms with Crippen molar-refractivity contribution in [2.45, 2.75) is 37.5 Å². The third-order valence-electron chi connectivity index (χ3n) is 4.59. The first-order chi connectivity index (χ1) is 13.8. The van der Waals surface area contributed by atoms with Crippen molar-refractivity contribution >= 4 is 35.1 Å². The van der Waals surface area contributed by atoms with Gasteiger partial charge in [0.15, 0.2) is 5.82 Å². The quantitative estimate of drug-likeness (QED) is 0.196. The molecule has 0 aliphatic heterocycles. The van der Waals surface area contributed by atoms with E-state index in [9.17, 15) is 13.2 Å². The van der Waals surface area contributed by atoms with Gasteiger partial charge in [-0.3, -0.25) is 0 Å². The molecule has 0 amide bonds. The Hall–Kier alpha value is -1.64. The van der Waals surface area contributed by atoms with Crippen LogP contribution in [0.3, 0.4) is 0 Å². The molecule has 1 unspecified atom stereocenters. The molecule has 29 heavy (non-hydrogen) atoms. The first-order valence-electron chi connectivity index (χ1n) is 9.47. The zero-order chi connectivity index (χ0) is 21.4. The highest BCUT2D eigenvalue weighted by Crippen LogP contribution is 2.37. The number of anilines is 2. The van der Waals surface area contributed by atoms with Gasteiger partial charge in [-0.25, -0.2) is 13.8 Å². The third-order valence-corrected chi connectivity index (χ3v) is 5.84. The van der Waals surface area contributed by atoms with Crippen molar-refractivity contribution in [1.82, 2.24) is 4.98 Å². The molecule has 1 aromatic heterocycles. The van der Waals surface area contributed by atoms with Gasteiger partial charge in [0.2, 0.25) is 5.95 Å². The molecule has 2 aromatic rings. The molecule has 0 spiro atoms. The molecule has 0 fully saturated rings. The fraction of sp³-hybridized carbons (Fsp3) is 0.450. The van der Waals surface area contributed by atoms with E-state index in [0.29, 0.717) is 36.6 Å². The van der Waals surface area contributed by atoms with Crippen LogP contribution in [-0.4, -0.2) is 25.1 Å². The molecular formula is C20H26ClF3N4S. The lowest BCUT2D eigenvalue weighted by atomic mass is 10.0. The summed E-state index contributed by atoms with van der Waals surface area (Å²) < 4.78 is 45.0. The molecule has 2 rings (SSSR count). The number of nitrogens with two attached hydrogens (primary N) is 1. The Labute approximate surface area is 179 Å². The van der Waals surface area contributed by atoms with Crippen LogP contribution in [0.5, 0.6) is 0 Å². The van der Waals surface area contributed by atoms with Gasteiger partial charge < -0.3 is 15.4 Å². The van der Waals surface area contributed by atoms with Crippen molar-refractivity contribution in [1.29, 1.82) is 0 Å². The summed E-state index contributed by atoms with van der Waals surface area (Å²) in [6.07, 6.45) is 4.02. The summed E-state index contributed by atoms with van der Waals surface area (Å²) in [7, 11) is 1.76. The van der Waals surface area contributed by atoms with E-state index < -0.39 is 17.6 Å². The normalized spacial score (nSPS) is 12.1. The maximum Gasteiger partial charge on any atom is 0.214 e. The van der Waals surface area contributed by atoms with Gasteiger partial charge in [-0.1, -0.05) is 37.4 Å². The summed E-state index contributed by atoms with van der Waals surface area (Å²) >= 11 is 6.83. The highest BCUT2D eigenvalue weighted by molar-refractivity contribution is 8.00. The SMILES string of the molecule is CC(CCCCN)CCN(C)c1cc(F)c(SNc2cccc(F)n2)c(F)c1Cl. The van der Waals surface area contributed by atoms with E-state index >= 15 is 0 Å². The number of nitrogens with zero attached hydrogens (tertiary/aromatic N) is 2. The lowest BCUT2D eigenvalue weighted by molar-refractivity contribution is 0.469. The number of aromatic nitrogens is 1. The van der Waals surface area contributed by atoms with Gasteiger partial charge >= 0.3 is 0 Å². The molecule has 3 N–H and O–H groups in total. The van der Waals surface area contributed by atoms with Crippen LogP contribution >= 0.6 is 23.5 Å². The molecule has 4 nitrogen and oxygen atoms in total. The fourth-order valence-electron chi connectivity index (χ4n) is 2.82. The lowest BCUT2D eigenvalue weighted by Crippen LogP contribution is -2.21. The van der Waals surface area contributed by atoms with E-state index in [4.69, 9.17) is 17.3 Å². The number of hydrogen-bond donors (Lipinski definition) is 2. The van der Waals surface area contributed by atoms with Crippen LogP contribution in [0.25, 0.3) is 0 Å². The molecular weight excluding hydrogens is 421 g/mol. The number of rotatable bonds is 11. The molecule has 0 radical (unpaired) electrons. The highest BCUT2D eigenvalue weighted by Gasteiger charge is 2.20. The average Bonchev–Trinajstić information content (AvgIpc) is 2.69. The Bertz CT molecular complexity index is 810. The van der Waals surface area contributed by atoms with Crippen LogP contribution in [0.1, 0.15) is 32.6 Å². The number of benzene rings is 1. The molecule has 0 saturated carbocycles. The van der Waals surface area contributed by atoms with E-state index in [0.717, 1.165) is 25.7 Å². The van der Waals surface area contributed by atoms with Gasteiger partial charge in [0.1, 0.15) is 21.6 Å². The average molecular weight is 447 g/mol. The van der Waals surface area contributed by atoms with Crippen molar-refractivity contribution < 1.29 is 13.2 Å². The predicted octanol–water partition coefficient (Wildman–Crippen LogP) is 5.86. The molecule has 1 aromatic carbocycles. The number of nitrogens with one attached hydrogen (secondary N) is 1. The molecule has 1 heterocycles. The lowest BCUT2D eigenvalue weighted by Gasteiger charge is -2.23. The summed E-state index contributed by atoms with van der Waals surface area (Å²) in [5.74, 6) is -1.68. The predicted molar refractivity (Wildman–Crippen MR) is 115 cm³/mol. The van der Waals surface area contributed by atoms with Gasteiger partial charge in [0.25, 0.3) is 0 Å². The maximum absolute atomic E-state index is 14.7. The minimum Gasteiger partial charge on any atom is -0.373 e. The van der Waals surface area contributed by atoms with Crippen molar-refractivity contribution in [2.24, 2.45) is 11.7 Å². The third kappa shape index (κ3) is 6.97. The fourth-order valence-corrected chi connectivity index (χ4v) is 3.84. The van der Waals surface area contributed by atoms with Crippen LogP contribution in [0, 0.1) is 23.5 Å². The van der Waals surface area contributed by atoms with Crippen molar-refractivity contribution in [2.75, 3.05) is 29.8 Å². The second-order valence-electron chi connectivity index (χ2n) is 6.98. The number of unbranched alkanes of at least 4 members (excludes halogenated alkanes) is 1. The van der Waals surface area contributed by atoms with E-state index in [2.05, 4.69) is 16.6 Å². The molecule has 9 heteroatoms. The van der Waals surface area contributed by atoms with Gasteiger partial charge in [-0.05, 0) is 49.4 Å². The minimum absolute atomic E-state index is 0.148. The van der Waals surface area contributed by atoms with Gasteiger partial charge in [-0.2, -0.15) is 4.39 Å². The topological polar surface area (TPSA) is 54.2 Å². The van der Waals surface area contributed by atoms with E-state index in [1.807, 2.05) is 0 Å². The number of pyridine rings is 1. The molecule has 160 valence electrons. The van der Waals surface area contributed by atoms with E-state index in [1.54, 1.807) is 11.9 Å². The highest BCUT2D eigenvalue weighted by atomic mass is 35.5. The maximum atomic E-state index is 14.7. The molecule has 0 bridgehead atoms. The zero-order valence-corrected chi connectivity index (χ0v) is 18.1. The second kappa shape index (κ2) is 11.5. The Kier molecular flexibility index (Phi) is 9.39. The standard InChI is InChI=1S/C20H26ClF3N4S/c1-13(6-3-4-10-25)9-11-28(2)15-12-14(22)20(19(24)18(15)21)29-27-17-8-5-7-16(23)26-17/h5,7-8,12-13H,3-4,6,9-11,25H2,1-2H3,(H,26,27). The van der Waals surface area contributed by atoms with Gasteiger partial charge in [0, 0.05) is 19.7 Å². The Morgan fingerprint density at radius 3 is 2.69 bits per heavy atom. The summed E-state index contributed by atoms with van der Waals surface area (Å²) in [6.45, 7) is 3.47. The molecule has 1 atom stereocenters. The molecule has 0 aliphatic carbocycles. The minimum atomic E-state index is -0.863. The van der Waals surface area contributed by atoms with Gasteiger partial charge in [0.05, 0.1) is 5.69 Å². The Morgan fingerprint density at radius 2 is 2.00 bits per heavy atom. The van der Waals surface area contributed by atoms with E-state index in [-0.39, 0.29) is 15.7 Å². The summed E-state index contributed by atoms with van der Waals surface area (Å²) in [6, 6.07) is 5.33. The Morgan fingerprint density at radius 1 is 1.24 bits per heavy atom. The number of hydrogen-bond acceptors (Lipinski definition) is 5. The summed E-state index contributed by atoms with van der Waals surface area (Å²) in [4.78, 5) is 5.05. The van der Waals surface area contributed by atoms with Crippen LogP contribution in [0.2, 0.25) is 5.02 Å². The van der Waals surface area contributed by atoms with Crippen molar-refractivity contribution in [3.05, 3.63) is 46.9 Å². The smallest absolute Gasteiger partial charge is 0.214 e. The largest absolute Gasteiger partial charge is 0.373 e. The Balaban J connectivity index is 2.03. The summed E-state index contributed by atoms with van der Waals surface area (Å²) in [5, 5.41) is -0.152. The monoisotopic (exact) mass is 446 g/mol. The van der Waals surface area contributed by atoms with Crippen LogP contribution in [0.4, 0.5) is 24.7 Å². The first-order valence-corrected chi connectivity index (χ1v) is 10.7. The molecule has 0 saturated heterocycles. The zero-order valence-electron chi connectivity index (χ0n) is 16.5. The van der Waals surface area contributed by atoms with Crippen LogP contribution in [0.15, 0.2) is 29.2 Å². The van der Waals surface area contributed by atoms with Gasteiger partial charge in [-0.15, -0.1) is 0 Å². The van der Waals surface area contributed by atoms with Crippen LogP contribution < -0.4 is 15.4 Å². The van der Waals surface area contributed by atoms with E-state index in [1.165, 1.54) is 24.3 Å². The van der Waals surface area contributed by atoms with Crippen molar-refractivity contribution in [3.8, 4) is 0 Å². The second-order valence-corrected chi connectivity index (χ2v) is 8.18. The van der Waals surface area contributed by atoms with Crippen molar-refractivity contribution in [3.63, 3.8) is 0 Å². The first kappa shape index (κ1) is 23.6. The number of halogens is 4. The summed E-state index contributed by atoms with van der Waals surface area (Å²) in [5.41, 5.74) is 5.81. The van der Waals surface area contributed by atoms with Crippen LogP contribution in [-0.2, 0) is 0 Å². The molecule has 0 aliphatic rings.